The van der Waals surface area contributed by atoms with Crippen molar-refractivity contribution in [2.45, 2.75) is 46.0 Å². The van der Waals surface area contributed by atoms with Crippen molar-refractivity contribution in [1.29, 1.82) is 0 Å². The van der Waals surface area contributed by atoms with Gasteiger partial charge in [0.05, 0.1) is 12.0 Å². The van der Waals surface area contributed by atoms with Gasteiger partial charge in [-0.1, -0.05) is 33.1 Å². The Morgan fingerprint density at radius 2 is 1.89 bits per heavy atom. The van der Waals surface area contributed by atoms with E-state index in [4.69, 9.17) is 15.2 Å². The summed E-state index contributed by atoms with van der Waals surface area (Å²) in [4.78, 5) is 12.1. The van der Waals surface area contributed by atoms with Crippen LogP contribution in [-0.4, -0.2) is 32.3 Å². The van der Waals surface area contributed by atoms with Crippen molar-refractivity contribution >= 4 is 5.97 Å². The number of nitrogens with two attached hydrogens (primary N) is 1. The van der Waals surface area contributed by atoms with E-state index in [1.54, 1.807) is 0 Å². The highest BCUT2D eigenvalue weighted by Gasteiger charge is 2.39. The van der Waals surface area contributed by atoms with Crippen molar-refractivity contribution in [2.75, 3.05) is 26.4 Å². The van der Waals surface area contributed by atoms with Crippen LogP contribution in [0.1, 0.15) is 46.0 Å². The predicted molar refractivity (Wildman–Crippen MR) is 71.2 cm³/mol. The van der Waals surface area contributed by atoms with E-state index in [2.05, 4.69) is 13.8 Å². The summed E-state index contributed by atoms with van der Waals surface area (Å²) in [5.74, 6) is 0.382. The summed E-state index contributed by atoms with van der Waals surface area (Å²) >= 11 is 0. The summed E-state index contributed by atoms with van der Waals surface area (Å²) in [7, 11) is 0. The fourth-order valence-corrected chi connectivity index (χ4v) is 2.39. The quantitative estimate of drug-likeness (QED) is 0.560. The lowest BCUT2D eigenvalue weighted by atomic mass is 9.74. The molecule has 0 aromatic heterocycles. The Bertz CT molecular complexity index is 247. The van der Waals surface area contributed by atoms with Gasteiger partial charge in [-0.2, -0.15) is 0 Å². The molecule has 0 aromatic carbocycles. The Balaban J connectivity index is 2.25. The van der Waals surface area contributed by atoms with Crippen molar-refractivity contribution in [3.8, 4) is 0 Å². The second-order valence-corrected chi connectivity index (χ2v) is 5.65. The molecular weight excluding hydrogens is 230 g/mol. The number of carbonyl (C=O) groups excluding carboxylic acids is 1. The maximum atomic E-state index is 12.1. The molecule has 0 saturated heterocycles. The van der Waals surface area contributed by atoms with Gasteiger partial charge in [0.15, 0.2) is 0 Å². The van der Waals surface area contributed by atoms with E-state index in [1.807, 2.05) is 0 Å². The first-order valence-electron chi connectivity index (χ1n) is 7.06. The third kappa shape index (κ3) is 4.58. The first kappa shape index (κ1) is 15.4. The molecule has 0 radical (unpaired) electrons. The lowest BCUT2D eigenvalue weighted by Crippen LogP contribution is -2.42. The maximum Gasteiger partial charge on any atom is 0.313 e. The molecule has 106 valence electrons. The third-order valence-electron chi connectivity index (χ3n) is 3.55. The molecule has 4 nitrogen and oxygen atoms in total. The van der Waals surface area contributed by atoms with E-state index < -0.39 is 5.41 Å². The van der Waals surface area contributed by atoms with E-state index >= 15 is 0 Å². The molecule has 0 unspecified atom stereocenters. The van der Waals surface area contributed by atoms with Crippen LogP contribution in [-0.2, 0) is 14.3 Å². The number of hydrogen-bond donors (Lipinski definition) is 1. The van der Waals surface area contributed by atoms with E-state index in [9.17, 15) is 4.79 Å². The van der Waals surface area contributed by atoms with Crippen LogP contribution in [0.25, 0.3) is 0 Å². The van der Waals surface area contributed by atoms with Gasteiger partial charge < -0.3 is 15.2 Å². The smallest absolute Gasteiger partial charge is 0.313 e. The Kier molecular flexibility index (Phi) is 6.65. The summed E-state index contributed by atoms with van der Waals surface area (Å²) in [5.41, 5.74) is 5.36. The Labute approximate surface area is 110 Å². The molecule has 0 aliphatic heterocycles. The number of ether oxygens (including phenoxy) is 2. The molecule has 0 amide bonds. The van der Waals surface area contributed by atoms with Crippen LogP contribution in [0.15, 0.2) is 0 Å². The average molecular weight is 257 g/mol. The minimum Gasteiger partial charge on any atom is -0.463 e. The second kappa shape index (κ2) is 7.74. The fourth-order valence-electron chi connectivity index (χ4n) is 2.39. The van der Waals surface area contributed by atoms with Gasteiger partial charge in [-0.25, -0.2) is 0 Å². The van der Waals surface area contributed by atoms with Crippen LogP contribution >= 0.6 is 0 Å². The molecule has 1 rings (SSSR count). The lowest BCUT2D eigenvalue weighted by molar-refractivity contribution is -0.159. The van der Waals surface area contributed by atoms with Crippen LogP contribution in [0.3, 0.4) is 0 Å². The summed E-state index contributed by atoms with van der Waals surface area (Å²) in [6.07, 6.45) is 5.10. The molecule has 0 bridgehead atoms. The molecular formula is C14H27NO3. The van der Waals surface area contributed by atoms with Crippen LogP contribution in [0, 0.1) is 11.3 Å². The summed E-state index contributed by atoms with van der Waals surface area (Å²) in [6.45, 7) is 6.12. The molecule has 0 heterocycles. The van der Waals surface area contributed by atoms with Gasteiger partial charge in [0.25, 0.3) is 0 Å². The first-order chi connectivity index (χ1) is 8.60. The number of esters is 1. The van der Waals surface area contributed by atoms with E-state index in [0.717, 1.165) is 25.7 Å². The number of hydrogen-bond acceptors (Lipinski definition) is 4. The summed E-state index contributed by atoms with van der Waals surface area (Å²) in [6, 6.07) is 0. The topological polar surface area (TPSA) is 61.5 Å². The molecule has 0 aromatic rings. The highest BCUT2D eigenvalue weighted by molar-refractivity contribution is 5.77. The molecule has 18 heavy (non-hydrogen) atoms. The zero-order chi connectivity index (χ0) is 13.4. The highest BCUT2D eigenvalue weighted by atomic mass is 16.6. The largest absolute Gasteiger partial charge is 0.463 e. The monoisotopic (exact) mass is 257 g/mol. The average Bonchev–Trinajstić information content (AvgIpc) is 2.38. The highest BCUT2D eigenvalue weighted by Crippen LogP contribution is 2.36. The SMILES string of the molecule is CC(C)COCCOC(=O)C1(CN)CCCCC1. The summed E-state index contributed by atoms with van der Waals surface area (Å²) < 4.78 is 10.7. The zero-order valence-corrected chi connectivity index (χ0v) is 11.7. The Morgan fingerprint density at radius 3 is 2.44 bits per heavy atom. The second-order valence-electron chi connectivity index (χ2n) is 5.65. The molecule has 2 N–H and O–H groups in total. The number of carbonyl (C=O) groups is 1. The molecule has 4 heteroatoms. The van der Waals surface area contributed by atoms with Gasteiger partial charge in [-0.15, -0.1) is 0 Å². The Hall–Kier alpha value is -0.610. The minimum atomic E-state index is -0.420. The van der Waals surface area contributed by atoms with Crippen LogP contribution in [0.4, 0.5) is 0 Å². The normalized spacial score (nSPS) is 18.9. The van der Waals surface area contributed by atoms with Crippen molar-refractivity contribution in [3.05, 3.63) is 0 Å². The molecule has 0 atom stereocenters. The third-order valence-corrected chi connectivity index (χ3v) is 3.55. The molecule has 1 aliphatic rings. The van der Waals surface area contributed by atoms with Crippen LogP contribution < -0.4 is 5.73 Å². The molecule has 0 spiro atoms. The lowest BCUT2D eigenvalue weighted by Gasteiger charge is -2.33. The predicted octanol–water partition coefficient (Wildman–Crippen LogP) is 2.11. The van der Waals surface area contributed by atoms with E-state index in [-0.39, 0.29) is 5.97 Å². The molecule has 1 fully saturated rings. The molecule has 1 aliphatic carbocycles. The van der Waals surface area contributed by atoms with Gasteiger partial charge in [-0.05, 0) is 18.8 Å². The van der Waals surface area contributed by atoms with Crippen LogP contribution in [0.5, 0.6) is 0 Å². The first-order valence-corrected chi connectivity index (χ1v) is 7.06. The number of rotatable bonds is 7. The van der Waals surface area contributed by atoms with Gasteiger partial charge in [0, 0.05) is 13.2 Å². The minimum absolute atomic E-state index is 0.127. The van der Waals surface area contributed by atoms with Crippen molar-refractivity contribution in [1.82, 2.24) is 0 Å². The fraction of sp³-hybridized carbons (Fsp3) is 0.929. The van der Waals surface area contributed by atoms with Crippen LogP contribution in [0.2, 0.25) is 0 Å². The van der Waals surface area contributed by atoms with Gasteiger partial charge in [0.1, 0.15) is 6.61 Å². The summed E-state index contributed by atoms with van der Waals surface area (Å²) in [5, 5.41) is 0. The Morgan fingerprint density at radius 1 is 1.22 bits per heavy atom. The van der Waals surface area contributed by atoms with E-state index in [0.29, 0.717) is 32.3 Å². The standard InChI is InChI=1S/C14H27NO3/c1-12(2)10-17-8-9-18-13(16)14(11-15)6-4-3-5-7-14/h12H,3-11,15H2,1-2H3. The zero-order valence-electron chi connectivity index (χ0n) is 11.7. The van der Waals surface area contributed by atoms with Gasteiger partial charge >= 0.3 is 5.97 Å². The van der Waals surface area contributed by atoms with Gasteiger partial charge in [-0.3, -0.25) is 4.79 Å². The van der Waals surface area contributed by atoms with Crippen molar-refractivity contribution < 1.29 is 14.3 Å². The maximum absolute atomic E-state index is 12.1. The van der Waals surface area contributed by atoms with Gasteiger partial charge in [0.2, 0.25) is 0 Å². The van der Waals surface area contributed by atoms with E-state index in [1.165, 1.54) is 6.42 Å². The van der Waals surface area contributed by atoms with Crippen molar-refractivity contribution in [3.63, 3.8) is 0 Å². The molecule has 1 saturated carbocycles. The van der Waals surface area contributed by atoms with Crippen molar-refractivity contribution in [2.24, 2.45) is 17.1 Å².